The van der Waals surface area contributed by atoms with Crippen LogP contribution in [0, 0.1) is 5.92 Å². The van der Waals surface area contributed by atoms with Gasteiger partial charge in [-0.05, 0) is 71.2 Å². The van der Waals surface area contributed by atoms with Gasteiger partial charge >= 0.3 is 0 Å². The first-order valence-electron chi connectivity index (χ1n) is 7.78. The van der Waals surface area contributed by atoms with Crippen molar-refractivity contribution in [2.24, 2.45) is 11.0 Å². The van der Waals surface area contributed by atoms with Gasteiger partial charge < -0.3 is 4.79 Å². The molecule has 1 saturated heterocycles. The van der Waals surface area contributed by atoms with Gasteiger partial charge in [-0.15, -0.1) is 0 Å². The second kappa shape index (κ2) is 5.95. The van der Waals surface area contributed by atoms with Crippen molar-refractivity contribution < 1.29 is 9.63 Å². The van der Waals surface area contributed by atoms with Crippen molar-refractivity contribution in [3.05, 3.63) is 10.4 Å². The molecule has 6 heteroatoms. The molecule has 0 unspecified atom stereocenters. The lowest BCUT2D eigenvalue weighted by atomic mass is 9.82. The van der Waals surface area contributed by atoms with E-state index in [1.54, 1.807) is 0 Å². The number of rotatable bonds is 6. The van der Waals surface area contributed by atoms with Crippen molar-refractivity contribution in [3.63, 3.8) is 0 Å². The molecule has 118 valence electrons. The summed E-state index contributed by atoms with van der Waals surface area (Å²) in [5, 5.41) is 5.78. The molecule has 0 aromatic heterocycles. The molecule has 0 aromatic carbocycles. The van der Waals surface area contributed by atoms with E-state index < -0.39 is 6.10 Å². The lowest BCUT2D eigenvalue weighted by molar-refractivity contribution is -0.299. The van der Waals surface area contributed by atoms with Crippen LogP contribution in [0.15, 0.2) is 5.11 Å². The van der Waals surface area contributed by atoms with Crippen LogP contribution in [0.4, 0.5) is 0 Å². The Bertz CT molecular complexity index is 423. The highest BCUT2D eigenvalue weighted by Crippen LogP contribution is 2.41. The summed E-state index contributed by atoms with van der Waals surface area (Å²) in [5.41, 5.74) is 8.48. The average Bonchev–Trinajstić information content (AvgIpc) is 3.20. The third-order valence-corrected chi connectivity index (χ3v) is 4.66. The maximum atomic E-state index is 11.5. The Hall–Kier alpha value is -1.10. The number of piperidine rings is 1. The van der Waals surface area contributed by atoms with E-state index in [2.05, 4.69) is 37.7 Å². The van der Waals surface area contributed by atoms with Crippen LogP contribution in [0.5, 0.6) is 0 Å². The van der Waals surface area contributed by atoms with Gasteiger partial charge in [0.25, 0.3) is 0 Å². The van der Waals surface area contributed by atoms with Gasteiger partial charge in [-0.25, -0.2) is 0 Å². The summed E-state index contributed by atoms with van der Waals surface area (Å²) in [4.78, 5) is 20.5. The van der Waals surface area contributed by atoms with Crippen molar-refractivity contribution in [3.8, 4) is 0 Å². The summed E-state index contributed by atoms with van der Waals surface area (Å²) < 4.78 is 0. The Morgan fingerprint density at radius 3 is 2.29 bits per heavy atom. The first-order valence-corrected chi connectivity index (χ1v) is 7.78. The largest absolute Gasteiger partial charge is 0.300 e. The van der Waals surface area contributed by atoms with Crippen LogP contribution < -0.4 is 0 Å². The summed E-state index contributed by atoms with van der Waals surface area (Å²) >= 11 is 0. The first-order chi connectivity index (χ1) is 9.81. The van der Waals surface area contributed by atoms with Gasteiger partial charge in [0.1, 0.15) is 6.10 Å². The summed E-state index contributed by atoms with van der Waals surface area (Å²) in [6, 6.07) is -0.388. The summed E-state index contributed by atoms with van der Waals surface area (Å²) in [7, 11) is 0. The van der Waals surface area contributed by atoms with Crippen molar-refractivity contribution in [1.29, 1.82) is 0 Å². The van der Waals surface area contributed by atoms with E-state index >= 15 is 0 Å². The van der Waals surface area contributed by atoms with E-state index in [0.29, 0.717) is 0 Å². The SMILES string of the molecule is CC1(C)CCCC(C)(C)N1O[C@@H](C=O)[C@H](N=[N+]=[N-])C1CC1. The number of carbonyl (C=O) groups excluding carboxylic acids is 1. The van der Waals surface area contributed by atoms with E-state index in [0.717, 1.165) is 38.4 Å². The van der Waals surface area contributed by atoms with Gasteiger partial charge in [0.15, 0.2) is 6.29 Å². The lowest BCUT2D eigenvalue weighted by Gasteiger charge is -2.52. The molecule has 21 heavy (non-hydrogen) atoms. The predicted molar refractivity (Wildman–Crippen MR) is 80.4 cm³/mol. The second-order valence-electron chi connectivity index (χ2n) is 7.51. The zero-order valence-electron chi connectivity index (χ0n) is 13.5. The molecule has 2 atom stereocenters. The molecule has 0 bridgehead atoms. The molecule has 1 saturated carbocycles. The number of nitrogens with zero attached hydrogens (tertiary/aromatic N) is 4. The lowest BCUT2D eigenvalue weighted by Crippen LogP contribution is -2.60. The molecular weight excluding hydrogens is 268 g/mol. The summed E-state index contributed by atoms with van der Waals surface area (Å²) in [6.45, 7) is 8.54. The van der Waals surface area contributed by atoms with E-state index in [-0.39, 0.29) is 23.0 Å². The first kappa shape index (κ1) is 16.3. The van der Waals surface area contributed by atoms with Crippen LogP contribution in [-0.4, -0.2) is 34.6 Å². The minimum absolute atomic E-state index is 0.131. The molecule has 2 aliphatic rings. The molecule has 2 rings (SSSR count). The number of hydroxylamine groups is 2. The second-order valence-corrected chi connectivity index (χ2v) is 7.51. The zero-order valence-corrected chi connectivity index (χ0v) is 13.5. The highest BCUT2D eigenvalue weighted by atomic mass is 16.7. The van der Waals surface area contributed by atoms with Crippen molar-refractivity contribution in [2.45, 2.75) is 83.0 Å². The standard InChI is InChI=1S/C15H26N4O2/c1-14(2)8-5-9-15(3,4)19(14)21-12(10-20)13(17-18-16)11-6-7-11/h10-13H,5-9H2,1-4H3/t12-,13+/m0/s1. The van der Waals surface area contributed by atoms with Crippen LogP contribution in [0.1, 0.15) is 59.8 Å². The molecule has 1 aliphatic heterocycles. The van der Waals surface area contributed by atoms with E-state index in [9.17, 15) is 4.79 Å². The van der Waals surface area contributed by atoms with Gasteiger partial charge in [0.2, 0.25) is 0 Å². The number of aldehydes is 1. The molecule has 0 N–H and O–H groups in total. The highest BCUT2D eigenvalue weighted by molar-refractivity contribution is 5.57. The fraction of sp³-hybridized carbons (Fsp3) is 0.933. The third kappa shape index (κ3) is 3.57. The fourth-order valence-electron chi connectivity index (χ4n) is 3.48. The van der Waals surface area contributed by atoms with Gasteiger partial charge in [-0.2, -0.15) is 5.06 Å². The highest BCUT2D eigenvalue weighted by Gasteiger charge is 2.46. The molecule has 0 spiro atoms. The van der Waals surface area contributed by atoms with Crippen molar-refractivity contribution in [2.75, 3.05) is 0 Å². The summed E-state index contributed by atoms with van der Waals surface area (Å²) in [5.74, 6) is 0.284. The summed E-state index contributed by atoms with van der Waals surface area (Å²) in [6.07, 6.45) is 5.31. The number of carbonyl (C=O) groups is 1. The van der Waals surface area contributed by atoms with Crippen LogP contribution in [0.2, 0.25) is 0 Å². The molecule has 1 aliphatic carbocycles. The number of azide groups is 1. The molecule has 1 heterocycles. The van der Waals surface area contributed by atoms with Gasteiger partial charge in [0.05, 0.1) is 6.04 Å². The van der Waals surface area contributed by atoms with Gasteiger partial charge in [-0.1, -0.05) is 5.11 Å². The molecule has 2 fully saturated rings. The monoisotopic (exact) mass is 294 g/mol. The molecule has 0 aromatic rings. The minimum Gasteiger partial charge on any atom is -0.300 e. The predicted octanol–water partition coefficient (Wildman–Crippen LogP) is 3.62. The Morgan fingerprint density at radius 1 is 1.29 bits per heavy atom. The maximum absolute atomic E-state index is 11.5. The van der Waals surface area contributed by atoms with Crippen molar-refractivity contribution >= 4 is 6.29 Å². The average molecular weight is 294 g/mol. The van der Waals surface area contributed by atoms with E-state index in [1.165, 1.54) is 0 Å². The molecule has 0 radical (unpaired) electrons. The van der Waals surface area contributed by atoms with E-state index in [4.69, 9.17) is 10.4 Å². The van der Waals surface area contributed by atoms with Gasteiger partial charge in [0, 0.05) is 16.0 Å². The molecule has 6 nitrogen and oxygen atoms in total. The Kier molecular flexibility index (Phi) is 4.61. The smallest absolute Gasteiger partial charge is 0.151 e. The Balaban J connectivity index is 2.18. The Morgan fingerprint density at radius 2 is 1.86 bits per heavy atom. The number of hydrogen-bond acceptors (Lipinski definition) is 4. The Labute approximate surface area is 126 Å². The zero-order chi connectivity index (χ0) is 15.7. The normalized spacial score (nSPS) is 27.4. The number of hydrogen-bond donors (Lipinski definition) is 0. The van der Waals surface area contributed by atoms with Crippen LogP contribution in [0.3, 0.4) is 0 Å². The fourth-order valence-corrected chi connectivity index (χ4v) is 3.48. The van der Waals surface area contributed by atoms with E-state index in [1.807, 2.05) is 5.06 Å². The van der Waals surface area contributed by atoms with Crippen LogP contribution >= 0.6 is 0 Å². The maximum Gasteiger partial charge on any atom is 0.151 e. The topological polar surface area (TPSA) is 78.3 Å². The van der Waals surface area contributed by atoms with Crippen LogP contribution in [0.25, 0.3) is 10.4 Å². The van der Waals surface area contributed by atoms with Crippen LogP contribution in [-0.2, 0) is 9.63 Å². The molecular formula is C15H26N4O2. The quantitative estimate of drug-likeness (QED) is 0.325. The van der Waals surface area contributed by atoms with Crippen molar-refractivity contribution in [1.82, 2.24) is 5.06 Å². The molecule has 0 amide bonds. The minimum atomic E-state index is -0.690. The third-order valence-electron chi connectivity index (χ3n) is 4.66. The van der Waals surface area contributed by atoms with Gasteiger partial charge in [-0.3, -0.25) is 4.84 Å².